The number of anilines is 1. The maximum atomic E-state index is 12.9. The number of nitrogens with one attached hydrogen (secondary N) is 1. The quantitative estimate of drug-likeness (QED) is 0.858. The molecule has 6 heteroatoms. The van der Waals surface area contributed by atoms with Gasteiger partial charge in [0.1, 0.15) is 0 Å². The lowest BCUT2D eigenvalue weighted by Crippen LogP contribution is -2.32. The number of amides is 2. The molecule has 1 aromatic rings. The van der Waals surface area contributed by atoms with Crippen LogP contribution in [-0.2, 0) is 9.59 Å². The first-order chi connectivity index (χ1) is 12.5. The summed E-state index contributed by atoms with van der Waals surface area (Å²) in [6, 6.07) is 5.65. The van der Waals surface area contributed by atoms with E-state index in [-0.39, 0.29) is 17.7 Å². The number of piperidine rings is 1. The van der Waals surface area contributed by atoms with Gasteiger partial charge in [0, 0.05) is 50.1 Å². The largest absolute Gasteiger partial charge is 0.349 e. The highest BCUT2D eigenvalue weighted by atomic mass is 35.5. The van der Waals surface area contributed by atoms with E-state index in [2.05, 4.69) is 5.32 Å². The summed E-state index contributed by atoms with van der Waals surface area (Å²) in [7, 11) is 3.52. The van der Waals surface area contributed by atoms with Crippen molar-refractivity contribution in [3.8, 4) is 0 Å². The Hall–Kier alpha value is -1.59. The van der Waals surface area contributed by atoms with Crippen LogP contribution in [0.5, 0.6) is 0 Å². The zero-order valence-corrected chi connectivity index (χ0v) is 16.4. The summed E-state index contributed by atoms with van der Waals surface area (Å²) in [4.78, 5) is 28.5. The van der Waals surface area contributed by atoms with E-state index in [1.165, 1.54) is 0 Å². The van der Waals surface area contributed by atoms with Crippen LogP contribution in [0.25, 0.3) is 0 Å². The highest BCUT2D eigenvalue weighted by molar-refractivity contribution is 6.30. The Morgan fingerprint density at radius 1 is 1.27 bits per heavy atom. The molecule has 0 bridgehead atoms. The third-order valence-electron chi connectivity index (χ3n) is 5.57. The summed E-state index contributed by atoms with van der Waals surface area (Å²) < 4.78 is 0. The zero-order valence-electron chi connectivity index (χ0n) is 15.6. The van der Waals surface area contributed by atoms with Crippen molar-refractivity contribution in [2.24, 2.45) is 5.92 Å². The molecular formula is C20H28ClN3O2. The topological polar surface area (TPSA) is 52.7 Å². The van der Waals surface area contributed by atoms with Gasteiger partial charge in [-0.3, -0.25) is 9.59 Å². The minimum atomic E-state index is 0.0152. The van der Waals surface area contributed by atoms with E-state index in [9.17, 15) is 9.59 Å². The molecule has 0 saturated carbocycles. The SMILES string of the molecule is CN(C)C(=O)CC1CN(C(=O)CCC2CCNCC2)c2ccc(Cl)cc21. The predicted octanol–water partition coefficient (Wildman–Crippen LogP) is 3.03. The summed E-state index contributed by atoms with van der Waals surface area (Å²) in [5, 5.41) is 4.01. The van der Waals surface area contributed by atoms with Gasteiger partial charge in [-0.25, -0.2) is 0 Å². The van der Waals surface area contributed by atoms with Crippen LogP contribution in [0.15, 0.2) is 18.2 Å². The third-order valence-corrected chi connectivity index (χ3v) is 5.80. The second kappa shape index (κ2) is 8.40. The molecule has 2 heterocycles. The van der Waals surface area contributed by atoms with E-state index in [1.807, 2.05) is 23.1 Å². The minimum absolute atomic E-state index is 0.0152. The van der Waals surface area contributed by atoms with Crippen LogP contribution in [0.2, 0.25) is 5.02 Å². The molecule has 0 aromatic heterocycles. The van der Waals surface area contributed by atoms with E-state index in [4.69, 9.17) is 11.6 Å². The average molecular weight is 378 g/mol. The molecule has 1 unspecified atom stereocenters. The maximum Gasteiger partial charge on any atom is 0.227 e. The van der Waals surface area contributed by atoms with Crippen molar-refractivity contribution < 1.29 is 9.59 Å². The Morgan fingerprint density at radius 2 is 2.00 bits per heavy atom. The Morgan fingerprint density at radius 3 is 2.69 bits per heavy atom. The van der Waals surface area contributed by atoms with E-state index in [0.717, 1.165) is 43.6 Å². The Labute approximate surface area is 160 Å². The van der Waals surface area contributed by atoms with Crippen molar-refractivity contribution in [3.05, 3.63) is 28.8 Å². The van der Waals surface area contributed by atoms with Crippen LogP contribution in [0.1, 0.15) is 43.6 Å². The van der Waals surface area contributed by atoms with Crippen molar-refractivity contribution in [1.82, 2.24) is 10.2 Å². The van der Waals surface area contributed by atoms with E-state index < -0.39 is 0 Å². The lowest BCUT2D eigenvalue weighted by Gasteiger charge is -2.24. The number of rotatable bonds is 5. The van der Waals surface area contributed by atoms with Crippen LogP contribution >= 0.6 is 11.6 Å². The normalized spacial score (nSPS) is 20.1. The Bertz CT molecular complexity index is 671. The lowest BCUT2D eigenvalue weighted by atomic mass is 9.93. The molecule has 142 valence electrons. The van der Waals surface area contributed by atoms with E-state index >= 15 is 0 Å². The third kappa shape index (κ3) is 4.38. The molecule has 0 aliphatic carbocycles. The molecular weight excluding hydrogens is 350 g/mol. The van der Waals surface area contributed by atoms with Crippen LogP contribution in [0, 0.1) is 5.92 Å². The summed E-state index contributed by atoms with van der Waals surface area (Å²) >= 11 is 6.17. The van der Waals surface area contributed by atoms with Gasteiger partial charge in [-0.15, -0.1) is 0 Å². The molecule has 2 aliphatic heterocycles. The molecule has 0 spiro atoms. The maximum absolute atomic E-state index is 12.9. The lowest BCUT2D eigenvalue weighted by molar-refractivity contribution is -0.129. The molecule has 26 heavy (non-hydrogen) atoms. The number of benzene rings is 1. The fourth-order valence-electron chi connectivity index (χ4n) is 3.95. The first-order valence-corrected chi connectivity index (χ1v) is 9.84. The standard InChI is InChI=1S/C20H28ClN3O2/c1-23(2)20(26)11-15-13-24(18-5-4-16(21)12-17(15)18)19(25)6-3-14-7-9-22-10-8-14/h4-5,12,14-15,22H,3,6-11,13H2,1-2H3. The van der Waals surface area contributed by atoms with E-state index in [0.29, 0.717) is 30.3 Å². The fourth-order valence-corrected chi connectivity index (χ4v) is 4.13. The molecule has 2 amide bonds. The van der Waals surface area contributed by atoms with Gasteiger partial charge in [0.15, 0.2) is 0 Å². The Kier molecular flexibility index (Phi) is 6.20. The van der Waals surface area contributed by atoms with Gasteiger partial charge >= 0.3 is 0 Å². The second-order valence-electron chi connectivity index (χ2n) is 7.63. The number of carbonyl (C=O) groups is 2. The van der Waals surface area contributed by atoms with Gasteiger partial charge in [0.05, 0.1) is 0 Å². The molecule has 1 saturated heterocycles. The number of hydrogen-bond donors (Lipinski definition) is 1. The average Bonchev–Trinajstić information content (AvgIpc) is 2.98. The smallest absolute Gasteiger partial charge is 0.227 e. The summed E-state index contributed by atoms with van der Waals surface area (Å²) in [5.74, 6) is 0.886. The molecule has 1 aromatic carbocycles. The summed E-state index contributed by atoms with van der Waals surface area (Å²) in [6.07, 6.45) is 4.22. The molecule has 1 N–H and O–H groups in total. The number of hydrogen-bond acceptors (Lipinski definition) is 3. The Balaban J connectivity index is 1.69. The number of fused-ring (bicyclic) bond motifs is 1. The number of nitrogens with zero attached hydrogens (tertiary/aromatic N) is 2. The second-order valence-corrected chi connectivity index (χ2v) is 8.07. The van der Waals surface area contributed by atoms with Gasteiger partial charge in [0.25, 0.3) is 0 Å². The highest BCUT2D eigenvalue weighted by Gasteiger charge is 2.34. The highest BCUT2D eigenvalue weighted by Crippen LogP contribution is 2.40. The molecule has 5 nitrogen and oxygen atoms in total. The van der Waals surface area contributed by atoms with Crippen molar-refractivity contribution >= 4 is 29.1 Å². The summed E-state index contributed by atoms with van der Waals surface area (Å²) in [5.41, 5.74) is 1.93. The number of halogens is 1. The van der Waals surface area contributed by atoms with Gasteiger partial charge in [0.2, 0.25) is 11.8 Å². The molecule has 1 fully saturated rings. The molecule has 2 aliphatic rings. The monoisotopic (exact) mass is 377 g/mol. The molecule has 0 radical (unpaired) electrons. The number of carbonyl (C=O) groups excluding carboxylic acids is 2. The fraction of sp³-hybridized carbons (Fsp3) is 0.600. The van der Waals surface area contributed by atoms with Gasteiger partial charge in [-0.2, -0.15) is 0 Å². The van der Waals surface area contributed by atoms with Crippen LogP contribution in [0.4, 0.5) is 5.69 Å². The first-order valence-electron chi connectivity index (χ1n) is 9.46. The zero-order chi connectivity index (χ0) is 18.7. The van der Waals surface area contributed by atoms with Crippen molar-refractivity contribution in [3.63, 3.8) is 0 Å². The van der Waals surface area contributed by atoms with Crippen molar-refractivity contribution in [2.45, 2.75) is 38.0 Å². The van der Waals surface area contributed by atoms with Crippen LogP contribution < -0.4 is 10.2 Å². The van der Waals surface area contributed by atoms with Crippen molar-refractivity contribution in [1.29, 1.82) is 0 Å². The molecule has 3 rings (SSSR count). The minimum Gasteiger partial charge on any atom is -0.349 e. The summed E-state index contributed by atoms with van der Waals surface area (Å²) in [6.45, 7) is 2.68. The van der Waals surface area contributed by atoms with E-state index in [1.54, 1.807) is 19.0 Å². The first kappa shape index (κ1) is 19.2. The van der Waals surface area contributed by atoms with Crippen molar-refractivity contribution in [2.75, 3.05) is 38.6 Å². The van der Waals surface area contributed by atoms with Crippen LogP contribution in [0.3, 0.4) is 0 Å². The van der Waals surface area contributed by atoms with Gasteiger partial charge in [-0.1, -0.05) is 11.6 Å². The predicted molar refractivity (Wildman–Crippen MR) is 105 cm³/mol. The molecule has 1 atom stereocenters. The van der Waals surface area contributed by atoms with Gasteiger partial charge in [-0.05, 0) is 62.0 Å². The van der Waals surface area contributed by atoms with Crippen LogP contribution in [-0.4, -0.2) is 50.4 Å². The van der Waals surface area contributed by atoms with Gasteiger partial charge < -0.3 is 15.1 Å².